The summed E-state index contributed by atoms with van der Waals surface area (Å²) in [4.78, 5) is 14.7. The summed E-state index contributed by atoms with van der Waals surface area (Å²) in [6, 6.07) is 5.97. The molecule has 2 rings (SSSR count). The Labute approximate surface area is 117 Å². The summed E-state index contributed by atoms with van der Waals surface area (Å²) in [7, 11) is 0. The number of aromatic carboxylic acids is 1. The topological polar surface area (TPSA) is 62.2 Å². The Morgan fingerprint density at radius 2 is 2.33 bits per heavy atom. The molecule has 4 nitrogen and oxygen atoms in total. The molecule has 18 heavy (non-hydrogen) atoms. The monoisotopic (exact) mass is 326 g/mol. The number of aryl methyl sites for hydroxylation is 1. The molecule has 6 heteroatoms. The fraction of sp³-hybridized carbons (Fsp3) is 0.167. The van der Waals surface area contributed by atoms with Gasteiger partial charge in [0.15, 0.2) is 0 Å². The minimum Gasteiger partial charge on any atom is -0.476 e. The van der Waals surface area contributed by atoms with Crippen molar-refractivity contribution in [2.45, 2.75) is 13.5 Å². The first-order valence-corrected chi connectivity index (χ1v) is 6.91. The van der Waals surface area contributed by atoms with E-state index in [1.807, 2.05) is 25.1 Å². The van der Waals surface area contributed by atoms with Crippen LogP contribution in [0, 0.1) is 6.92 Å². The van der Waals surface area contributed by atoms with Crippen molar-refractivity contribution in [2.24, 2.45) is 0 Å². The lowest BCUT2D eigenvalue weighted by molar-refractivity contribution is 0.0696. The Balaban J connectivity index is 2.02. The lowest BCUT2D eigenvalue weighted by Crippen LogP contribution is -2.01. The van der Waals surface area contributed by atoms with E-state index >= 15 is 0 Å². The summed E-state index contributed by atoms with van der Waals surface area (Å²) in [6.07, 6.45) is 0. The number of carboxylic acid groups (broad SMARTS) is 1. The number of benzene rings is 1. The van der Waals surface area contributed by atoms with E-state index in [-0.39, 0.29) is 5.01 Å². The fourth-order valence-corrected chi connectivity index (χ4v) is 2.42. The number of nitrogens with zero attached hydrogens (tertiary/aromatic N) is 1. The molecular formula is C12H11BrN2O2S. The molecule has 0 radical (unpaired) electrons. The minimum atomic E-state index is -0.982. The van der Waals surface area contributed by atoms with Gasteiger partial charge in [-0.15, -0.1) is 11.3 Å². The average Bonchev–Trinajstić information content (AvgIpc) is 2.79. The molecule has 0 saturated heterocycles. The van der Waals surface area contributed by atoms with Crippen LogP contribution in [0.2, 0.25) is 0 Å². The highest BCUT2D eigenvalue weighted by atomic mass is 79.9. The number of hydrogen-bond acceptors (Lipinski definition) is 4. The Morgan fingerprint density at radius 1 is 1.56 bits per heavy atom. The van der Waals surface area contributed by atoms with Crippen LogP contribution in [-0.4, -0.2) is 16.1 Å². The number of anilines is 1. The van der Waals surface area contributed by atoms with Crippen LogP contribution in [0.1, 0.15) is 21.1 Å². The molecule has 0 aliphatic rings. The second-order valence-electron chi connectivity index (χ2n) is 3.77. The number of carboxylic acids is 1. The van der Waals surface area contributed by atoms with Crippen LogP contribution in [0.15, 0.2) is 28.1 Å². The third-order valence-corrected chi connectivity index (χ3v) is 4.11. The standard InChI is InChI=1S/C12H11BrN2O2S/c1-7-2-3-8(4-10(7)13)14-5-9-6-18-11(15-9)12(16)17/h2-4,6,14H,5H2,1H3,(H,16,17). The molecule has 0 aliphatic heterocycles. The third-order valence-electron chi connectivity index (χ3n) is 2.38. The van der Waals surface area contributed by atoms with Gasteiger partial charge in [0.1, 0.15) is 0 Å². The summed E-state index contributed by atoms with van der Waals surface area (Å²) >= 11 is 4.60. The summed E-state index contributed by atoms with van der Waals surface area (Å²) in [6.45, 7) is 2.53. The number of carbonyl (C=O) groups is 1. The van der Waals surface area contributed by atoms with Crippen molar-refractivity contribution >= 4 is 38.9 Å². The van der Waals surface area contributed by atoms with Gasteiger partial charge >= 0.3 is 5.97 Å². The zero-order chi connectivity index (χ0) is 13.1. The molecule has 1 aromatic carbocycles. The van der Waals surface area contributed by atoms with Gasteiger partial charge in [-0.05, 0) is 24.6 Å². The maximum absolute atomic E-state index is 10.7. The van der Waals surface area contributed by atoms with Gasteiger partial charge in [0, 0.05) is 15.5 Å². The van der Waals surface area contributed by atoms with Gasteiger partial charge in [-0.2, -0.15) is 0 Å². The number of hydrogen-bond donors (Lipinski definition) is 2. The van der Waals surface area contributed by atoms with Crippen molar-refractivity contribution in [3.8, 4) is 0 Å². The van der Waals surface area contributed by atoms with Crippen LogP contribution in [0.25, 0.3) is 0 Å². The first-order chi connectivity index (χ1) is 8.56. The highest BCUT2D eigenvalue weighted by molar-refractivity contribution is 9.10. The quantitative estimate of drug-likeness (QED) is 0.902. The predicted octanol–water partition coefficient (Wildman–Crippen LogP) is 3.52. The maximum Gasteiger partial charge on any atom is 0.365 e. The van der Waals surface area contributed by atoms with E-state index < -0.39 is 5.97 Å². The normalized spacial score (nSPS) is 10.3. The van der Waals surface area contributed by atoms with E-state index in [2.05, 4.69) is 26.2 Å². The molecule has 0 saturated carbocycles. The molecule has 94 valence electrons. The largest absolute Gasteiger partial charge is 0.476 e. The molecule has 0 spiro atoms. The SMILES string of the molecule is Cc1ccc(NCc2csc(C(=O)O)n2)cc1Br. The second-order valence-corrected chi connectivity index (χ2v) is 5.48. The second kappa shape index (κ2) is 5.49. The van der Waals surface area contributed by atoms with E-state index in [4.69, 9.17) is 5.11 Å². The van der Waals surface area contributed by atoms with Crippen LogP contribution in [0.5, 0.6) is 0 Å². The molecular weight excluding hydrogens is 316 g/mol. The highest BCUT2D eigenvalue weighted by Crippen LogP contribution is 2.21. The van der Waals surface area contributed by atoms with Crippen LogP contribution in [0.3, 0.4) is 0 Å². The van der Waals surface area contributed by atoms with Crippen molar-refractivity contribution in [1.82, 2.24) is 4.98 Å². The molecule has 1 aromatic heterocycles. The Kier molecular flexibility index (Phi) is 3.98. The Hall–Kier alpha value is -1.40. The number of rotatable bonds is 4. The van der Waals surface area contributed by atoms with Crippen molar-refractivity contribution in [3.05, 3.63) is 44.3 Å². The predicted molar refractivity (Wildman–Crippen MR) is 75.3 cm³/mol. The zero-order valence-corrected chi connectivity index (χ0v) is 12.0. The van der Waals surface area contributed by atoms with Crippen molar-refractivity contribution in [1.29, 1.82) is 0 Å². The molecule has 0 atom stereocenters. The molecule has 0 fully saturated rings. The van der Waals surface area contributed by atoms with Gasteiger partial charge in [-0.25, -0.2) is 9.78 Å². The molecule has 1 heterocycles. The van der Waals surface area contributed by atoms with Crippen molar-refractivity contribution < 1.29 is 9.90 Å². The molecule has 2 N–H and O–H groups in total. The van der Waals surface area contributed by atoms with Crippen molar-refractivity contribution in [2.75, 3.05) is 5.32 Å². The summed E-state index contributed by atoms with van der Waals surface area (Å²) in [5, 5.41) is 13.8. The summed E-state index contributed by atoms with van der Waals surface area (Å²) < 4.78 is 1.04. The van der Waals surface area contributed by atoms with Gasteiger partial charge in [0.05, 0.1) is 12.2 Å². The molecule has 0 aliphatic carbocycles. The van der Waals surface area contributed by atoms with Crippen LogP contribution in [-0.2, 0) is 6.54 Å². The highest BCUT2D eigenvalue weighted by Gasteiger charge is 2.08. The first kappa shape index (κ1) is 13.0. The summed E-state index contributed by atoms with van der Waals surface area (Å²) in [5.41, 5.74) is 2.87. The van der Waals surface area contributed by atoms with Gasteiger partial charge in [-0.1, -0.05) is 22.0 Å². The smallest absolute Gasteiger partial charge is 0.365 e. The lowest BCUT2D eigenvalue weighted by atomic mass is 10.2. The zero-order valence-electron chi connectivity index (χ0n) is 9.61. The third kappa shape index (κ3) is 3.08. The van der Waals surface area contributed by atoms with E-state index in [0.29, 0.717) is 6.54 Å². The van der Waals surface area contributed by atoms with E-state index in [1.54, 1.807) is 5.38 Å². The van der Waals surface area contributed by atoms with E-state index in [1.165, 1.54) is 5.56 Å². The maximum atomic E-state index is 10.7. The van der Waals surface area contributed by atoms with E-state index in [9.17, 15) is 4.79 Å². The van der Waals surface area contributed by atoms with E-state index in [0.717, 1.165) is 27.2 Å². The molecule has 2 aromatic rings. The van der Waals surface area contributed by atoms with Gasteiger partial charge in [0.2, 0.25) is 5.01 Å². The number of halogens is 1. The first-order valence-electron chi connectivity index (χ1n) is 5.24. The molecule has 0 unspecified atom stereocenters. The molecule has 0 amide bonds. The Morgan fingerprint density at radius 3 is 2.94 bits per heavy atom. The van der Waals surface area contributed by atoms with Gasteiger partial charge < -0.3 is 10.4 Å². The number of thiazole rings is 1. The van der Waals surface area contributed by atoms with Gasteiger partial charge in [-0.3, -0.25) is 0 Å². The minimum absolute atomic E-state index is 0.122. The van der Waals surface area contributed by atoms with Crippen molar-refractivity contribution in [3.63, 3.8) is 0 Å². The molecule has 0 bridgehead atoms. The Bertz CT molecular complexity index is 583. The number of aromatic nitrogens is 1. The van der Waals surface area contributed by atoms with Crippen LogP contribution < -0.4 is 5.32 Å². The number of nitrogens with one attached hydrogen (secondary N) is 1. The van der Waals surface area contributed by atoms with Crippen LogP contribution >= 0.6 is 27.3 Å². The fourth-order valence-electron chi connectivity index (χ4n) is 1.38. The summed E-state index contributed by atoms with van der Waals surface area (Å²) in [5.74, 6) is -0.982. The van der Waals surface area contributed by atoms with Crippen LogP contribution in [0.4, 0.5) is 5.69 Å². The average molecular weight is 327 g/mol. The lowest BCUT2D eigenvalue weighted by Gasteiger charge is -2.06. The van der Waals surface area contributed by atoms with Gasteiger partial charge in [0.25, 0.3) is 0 Å².